The molecular weight excluding hydrogens is 500 g/mol. The van der Waals surface area contributed by atoms with E-state index in [-0.39, 0.29) is 53.2 Å². The highest BCUT2D eigenvalue weighted by Crippen LogP contribution is 2.62. The molecule has 0 N–H and O–H groups in total. The van der Waals surface area contributed by atoms with Crippen LogP contribution in [0, 0.1) is 35.0 Å². The van der Waals surface area contributed by atoms with Gasteiger partial charge in [0.05, 0.1) is 34.5 Å². The van der Waals surface area contributed by atoms with Gasteiger partial charge in [-0.3, -0.25) is 19.2 Å². The molecule has 0 aromatic heterocycles. The van der Waals surface area contributed by atoms with Crippen molar-refractivity contribution in [2.24, 2.45) is 35.0 Å². The first-order chi connectivity index (χ1) is 19.4. The zero-order valence-corrected chi connectivity index (χ0v) is 21.9. The summed E-state index contributed by atoms with van der Waals surface area (Å²) in [7, 11) is 0. The Hall–Kier alpha value is -4.32. The number of anilines is 2. The van der Waals surface area contributed by atoms with Crippen LogP contribution < -0.4 is 9.80 Å². The number of allylic oxidation sites excluding steroid dienone is 2. The molecule has 3 aromatic rings. The van der Waals surface area contributed by atoms with Crippen LogP contribution in [0.25, 0.3) is 0 Å². The van der Waals surface area contributed by atoms with E-state index in [9.17, 15) is 19.2 Å². The lowest BCUT2D eigenvalue weighted by Gasteiger charge is -2.45. The summed E-state index contributed by atoms with van der Waals surface area (Å²) in [5, 5.41) is 0. The molecule has 1 saturated carbocycles. The second-order valence-corrected chi connectivity index (χ2v) is 12.4. The van der Waals surface area contributed by atoms with E-state index in [1.807, 2.05) is 31.2 Å². The van der Waals surface area contributed by atoms with Gasteiger partial charge in [-0.1, -0.05) is 66.7 Å². The lowest BCUT2D eigenvalue weighted by atomic mass is 9.55. The largest absolute Gasteiger partial charge is 0.274 e. The lowest BCUT2D eigenvalue weighted by Crippen LogP contribution is -2.41. The van der Waals surface area contributed by atoms with Crippen LogP contribution in [-0.4, -0.2) is 23.6 Å². The third kappa shape index (κ3) is 2.39. The van der Waals surface area contributed by atoms with Crippen molar-refractivity contribution in [1.29, 1.82) is 0 Å². The highest BCUT2D eigenvalue weighted by atomic mass is 16.2. The maximum absolute atomic E-state index is 14.2. The van der Waals surface area contributed by atoms with Crippen molar-refractivity contribution in [2.75, 3.05) is 9.80 Å². The molecule has 0 unspecified atom stereocenters. The molecule has 2 saturated heterocycles. The number of hydrogen-bond donors (Lipinski definition) is 0. The first-order valence-electron chi connectivity index (χ1n) is 14.1. The number of benzene rings is 3. The first-order valence-corrected chi connectivity index (χ1v) is 14.1. The topological polar surface area (TPSA) is 74.8 Å². The standard InChI is InChI=1S/C34H26N2O4/c1-34-18-14-13-17(15-18)29(34)32(39)36(33(34)40)20-8-6-7-19(16-20)35-30(37)27-25-21-9-2-3-10-22(21)26(28(27)31(35)38)24-12-5-4-11-23(24)25/h2-14,16-18,25-29H,15H2,1H3/t17-,18-,25?,26?,27+,28+,29-,34+/m0/s1. The van der Waals surface area contributed by atoms with Gasteiger partial charge in [-0.2, -0.15) is 0 Å². The Balaban J connectivity index is 1.12. The van der Waals surface area contributed by atoms with Crippen LogP contribution in [-0.2, 0) is 19.2 Å². The minimum atomic E-state index is -0.739. The summed E-state index contributed by atoms with van der Waals surface area (Å²) in [6, 6.07) is 23.2. The van der Waals surface area contributed by atoms with Crippen LogP contribution in [0.2, 0.25) is 0 Å². The van der Waals surface area contributed by atoms with E-state index in [0.717, 1.165) is 28.7 Å². The van der Waals surface area contributed by atoms with Gasteiger partial charge in [0.1, 0.15) is 0 Å². The molecule has 6 heteroatoms. The summed E-state index contributed by atoms with van der Waals surface area (Å²) in [6.07, 6.45) is 5.01. The van der Waals surface area contributed by atoms with Gasteiger partial charge in [0, 0.05) is 11.8 Å². The molecule has 3 fully saturated rings. The number of carbonyl (C=O) groups is 4. The van der Waals surface area contributed by atoms with Crippen molar-refractivity contribution in [3.8, 4) is 0 Å². The Bertz CT molecular complexity index is 1640. The van der Waals surface area contributed by atoms with E-state index in [4.69, 9.17) is 0 Å². The Morgan fingerprint density at radius 3 is 1.70 bits per heavy atom. The molecule has 6 nitrogen and oxygen atoms in total. The predicted molar refractivity (Wildman–Crippen MR) is 147 cm³/mol. The fourth-order valence-corrected chi connectivity index (χ4v) is 9.25. The SMILES string of the molecule is C[C@]12C(=O)N(c3cccc(N4C(=O)[C@@H]5C6c7ccccc7C(c7ccccc76)[C@H]5C4=O)c3)C(=O)[C@@H]1[C@H]1C=C[C@H]2C1. The summed E-state index contributed by atoms with van der Waals surface area (Å²) in [5.41, 5.74) is 4.60. The predicted octanol–water partition coefficient (Wildman–Crippen LogP) is 4.78. The molecule has 7 aliphatic rings. The van der Waals surface area contributed by atoms with E-state index in [1.165, 1.54) is 9.80 Å². The monoisotopic (exact) mass is 526 g/mol. The zero-order valence-electron chi connectivity index (χ0n) is 21.9. The summed E-state index contributed by atoms with van der Waals surface area (Å²) >= 11 is 0. The van der Waals surface area contributed by atoms with Crippen molar-refractivity contribution < 1.29 is 19.2 Å². The third-order valence-corrected chi connectivity index (χ3v) is 10.9. The van der Waals surface area contributed by atoms with Gasteiger partial charge in [-0.15, -0.1) is 0 Å². The smallest absolute Gasteiger partial charge is 0.241 e. The van der Waals surface area contributed by atoms with Crippen molar-refractivity contribution >= 4 is 35.0 Å². The maximum Gasteiger partial charge on any atom is 0.241 e. The molecular formula is C34H26N2O4. The van der Waals surface area contributed by atoms with Crippen molar-refractivity contribution in [1.82, 2.24) is 0 Å². The summed E-state index contributed by atoms with van der Waals surface area (Å²) in [5.74, 6) is -2.34. The number of amides is 4. The van der Waals surface area contributed by atoms with Gasteiger partial charge in [0.25, 0.3) is 0 Å². The van der Waals surface area contributed by atoms with Crippen molar-refractivity contribution in [3.05, 3.63) is 107 Å². The normalized spacial score (nSPS) is 35.9. The van der Waals surface area contributed by atoms with Crippen LogP contribution in [0.1, 0.15) is 47.4 Å². The van der Waals surface area contributed by atoms with E-state index in [2.05, 4.69) is 36.4 Å². The number of imide groups is 2. The van der Waals surface area contributed by atoms with Crippen molar-refractivity contribution in [2.45, 2.75) is 25.2 Å². The number of hydrogen-bond acceptors (Lipinski definition) is 4. The number of nitrogens with zero attached hydrogens (tertiary/aromatic N) is 2. The second-order valence-electron chi connectivity index (χ2n) is 12.4. The van der Waals surface area contributed by atoms with E-state index in [0.29, 0.717) is 11.4 Å². The Morgan fingerprint density at radius 1 is 0.650 bits per heavy atom. The van der Waals surface area contributed by atoms with Gasteiger partial charge < -0.3 is 0 Å². The molecule has 0 spiro atoms. The highest BCUT2D eigenvalue weighted by Gasteiger charge is 2.67. The van der Waals surface area contributed by atoms with E-state index < -0.39 is 17.3 Å². The Kier molecular flexibility index (Phi) is 4.07. The van der Waals surface area contributed by atoms with E-state index in [1.54, 1.807) is 24.3 Å². The van der Waals surface area contributed by atoms with Crippen LogP contribution in [0.3, 0.4) is 0 Å². The number of fused-ring (bicyclic) bond motifs is 5. The minimum absolute atomic E-state index is 0.0655. The quantitative estimate of drug-likeness (QED) is 0.356. The van der Waals surface area contributed by atoms with Crippen LogP contribution in [0.15, 0.2) is 84.9 Å². The number of rotatable bonds is 2. The van der Waals surface area contributed by atoms with Crippen LogP contribution in [0.4, 0.5) is 11.4 Å². The van der Waals surface area contributed by atoms with Crippen molar-refractivity contribution in [3.63, 3.8) is 0 Å². The molecule has 2 heterocycles. The van der Waals surface area contributed by atoms with Crippen LogP contribution in [0.5, 0.6) is 0 Å². The fraction of sp³-hybridized carbons (Fsp3) is 0.294. The molecule has 0 radical (unpaired) electrons. The Labute approximate surface area is 231 Å². The molecule has 4 amide bonds. The van der Waals surface area contributed by atoms with Gasteiger partial charge in [-0.05, 0) is 65.6 Å². The van der Waals surface area contributed by atoms with Gasteiger partial charge in [-0.25, -0.2) is 9.80 Å². The molecule has 3 aromatic carbocycles. The van der Waals surface area contributed by atoms with Gasteiger partial charge >= 0.3 is 0 Å². The Morgan fingerprint density at radius 2 is 1.18 bits per heavy atom. The molecule has 6 atom stereocenters. The highest BCUT2D eigenvalue weighted by molar-refractivity contribution is 6.26. The van der Waals surface area contributed by atoms with Gasteiger partial charge in [0.15, 0.2) is 0 Å². The summed E-state index contributed by atoms with van der Waals surface area (Å²) in [6.45, 7) is 1.92. The van der Waals surface area contributed by atoms with Gasteiger partial charge in [0.2, 0.25) is 23.6 Å². The first kappa shape index (κ1) is 22.5. The van der Waals surface area contributed by atoms with Crippen LogP contribution >= 0.6 is 0 Å². The third-order valence-electron chi connectivity index (χ3n) is 10.9. The average Bonchev–Trinajstić information content (AvgIpc) is 3.69. The van der Waals surface area contributed by atoms with E-state index >= 15 is 0 Å². The maximum atomic E-state index is 14.2. The lowest BCUT2D eigenvalue weighted by molar-refractivity contribution is -0.127. The molecule has 10 rings (SSSR count). The second kappa shape index (κ2) is 7.25. The molecule has 5 aliphatic carbocycles. The summed E-state index contributed by atoms with van der Waals surface area (Å²) < 4.78 is 0. The molecule has 2 aliphatic heterocycles. The number of carbonyl (C=O) groups excluding carboxylic acids is 4. The molecule has 40 heavy (non-hydrogen) atoms. The average molecular weight is 527 g/mol. The molecule has 4 bridgehead atoms. The fourth-order valence-electron chi connectivity index (χ4n) is 9.25. The molecule has 196 valence electrons. The minimum Gasteiger partial charge on any atom is -0.274 e. The zero-order chi connectivity index (χ0) is 27.1. The summed E-state index contributed by atoms with van der Waals surface area (Å²) in [4.78, 5) is 58.3.